The zero-order chi connectivity index (χ0) is 23.7. The van der Waals surface area contributed by atoms with Crippen LogP contribution in [-0.2, 0) is 12.8 Å². The molecule has 0 unspecified atom stereocenters. The molecule has 34 heavy (non-hydrogen) atoms. The van der Waals surface area contributed by atoms with Gasteiger partial charge in [-0.3, -0.25) is 14.9 Å². The molecule has 176 valence electrons. The number of carbonyl (C=O) groups excluding carboxylic acids is 1. The van der Waals surface area contributed by atoms with Crippen LogP contribution in [0.4, 0.5) is 11.5 Å². The number of aromatic nitrogens is 2. The maximum Gasteiger partial charge on any atom is 0.269 e. The van der Waals surface area contributed by atoms with E-state index in [9.17, 15) is 14.9 Å². The largest absolute Gasteiger partial charge is 0.353 e. The van der Waals surface area contributed by atoms with Crippen LogP contribution < -0.4 is 4.90 Å². The topological polar surface area (TPSA) is 92.5 Å². The van der Waals surface area contributed by atoms with Gasteiger partial charge < -0.3 is 9.80 Å². The van der Waals surface area contributed by atoms with Crippen molar-refractivity contribution < 1.29 is 9.72 Å². The molecule has 2 aliphatic rings. The Balaban J connectivity index is 1.41. The van der Waals surface area contributed by atoms with Crippen LogP contribution in [0.1, 0.15) is 58.0 Å². The first-order valence-electron chi connectivity index (χ1n) is 11.7. The third-order valence-electron chi connectivity index (χ3n) is 6.49. The minimum Gasteiger partial charge on any atom is -0.353 e. The molecule has 1 amide bonds. The summed E-state index contributed by atoms with van der Waals surface area (Å²) in [6, 6.07) is 10.5. The van der Waals surface area contributed by atoms with Crippen molar-refractivity contribution in [3.05, 3.63) is 79.4 Å². The summed E-state index contributed by atoms with van der Waals surface area (Å²) in [5, 5.41) is 13.0. The number of anilines is 1. The fourth-order valence-corrected chi connectivity index (χ4v) is 5.10. The number of carbonyl (C=O) groups is 1. The van der Waals surface area contributed by atoms with Crippen molar-refractivity contribution in [3.8, 4) is 0 Å². The standard InChI is InChI=1S/C25H27N5O3S/c1-2-21-20(16-17-5-9-19(10-6-17)30(32)33)24(27-23(26-21)18-7-8-18)28-11-13-29(14-12-28)25(31)22-4-3-15-34-22/h3-6,9-10,15,18H,2,7-8,11-14,16H2,1H3. The highest BCUT2D eigenvalue weighted by Crippen LogP contribution is 2.40. The second kappa shape index (κ2) is 9.50. The van der Waals surface area contributed by atoms with Gasteiger partial charge in [0.15, 0.2) is 0 Å². The fraction of sp³-hybridized carbons (Fsp3) is 0.400. The number of thiophene rings is 1. The summed E-state index contributed by atoms with van der Waals surface area (Å²) in [7, 11) is 0. The van der Waals surface area contributed by atoms with Gasteiger partial charge >= 0.3 is 0 Å². The van der Waals surface area contributed by atoms with Gasteiger partial charge in [0.2, 0.25) is 0 Å². The normalized spacial score (nSPS) is 16.0. The Morgan fingerprint density at radius 1 is 1.12 bits per heavy atom. The average Bonchev–Trinajstić information content (AvgIpc) is 3.57. The first-order chi connectivity index (χ1) is 16.5. The van der Waals surface area contributed by atoms with Gasteiger partial charge in [0.05, 0.1) is 9.80 Å². The number of non-ortho nitro benzene ring substituents is 1. The van der Waals surface area contributed by atoms with E-state index in [-0.39, 0.29) is 16.5 Å². The summed E-state index contributed by atoms with van der Waals surface area (Å²) >= 11 is 1.48. The molecule has 1 aliphatic heterocycles. The van der Waals surface area contributed by atoms with E-state index in [1.807, 2.05) is 34.5 Å². The molecule has 0 radical (unpaired) electrons. The van der Waals surface area contributed by atoms with E-state index in [0.29, 0.717) is 38.5 Å². The number of hydrogen-bond acceptors (Lipinski definition) is 7. The maximum atomic E-state index is 12.8. The smallest absolute Gasteiger partial charge is 0.269 e. The number of nitrogens with zero attached hydrogens (tertiary/aromatic N) is 5. The van der Waals surface area contributed by atoms with Crippen LogP contribution in [0.3, 0.4) is 0 Å². The summed E-state index contributed by atoms with van der Waals surface area (Å²) in [5.41, 5.74) is 3.21. The summed E-state index contributed by atoms with van der Waals surface area (Å²) in [6.45, 7) is 4.85. The lowest BCUT2D eigenvalue weighted by atomic mass is 10.0. The van der Waals surface area contributed by atoms with Crippen LogP contribution in [0.5, 0.6) is 0 Å². The molecular weight excluding hydrogens is 450 g/mol. The van der Waals surface area contributed by atoms with Crippen LogP contribution in [0, 0.1) is 10.1 Å². The highest BCUT2D eigenvalue weighted by molar-refractivity contribution is 7.12. The lowest BCUT2D eigenvalue weighted by Gasteiger charge is -2.36. The van der Waals surface area contributed by atoms with Gasteiger partial charge in [-0.1, -0.05) is 25.1 Å². The molecule has 8 nitrogen and oxygen atoms in total. The van der Waals surface area contributed by atoms with Crippen LogP contribution in [-0.4, -0.2) is 51.9 Å². The molecule has 1 aliphatic carbocycles. The predicted molar refractivity (Wildman–Crippen MR) is 132 cm³/mol. The van der Waals surface area contributed by atoms with E-state index in [1.54, 1.807) is 12.1 Å². The third-order valence-corrected chi connectivity index (χ3v) is 7.35. The highest BCUT2D eigenvalue weighted by atomic mass is 32.1. The Bertz CT molecular complexity index is 1180. The van der Waals surface area contributed by atoms with E-state index in [2.05, 4.69) is 11.8 Å². The molecule has 1 saturated heterocycles. The van der Waals surface area contributed by atoms with Crippen LogP contribution in [0.2, 0.25) is 0 Å². The van der Waals surface area contributed by atoms with E-state index in [0.717, 1.165) is 52.6 Å². The van der Waals surface area contributed by atoms with Gasteiger partial charge in [-0.05, 0) is 36.3 Å². The van der Waals surface area contributed by atoms with E-state index < -0.39 is 0 Å². The van der Waals surface area contributed by atoms with Gasteiger partial charge in [0, 0.05) is 61.9 Å². The molecule has 1 saturated carbocycles. The van der Waals surface area contributed by atoms with Gasteiger partial charge in [-0.2, -0.15) is 0 Å². The number of nitro groups is 1. The molecule has 9 heteroatoms. The number of nitro benzene ring substituents is 1. The number of aryl methyl sites for hydroxylation is 1. The summed E-state index contributed by atoms with van der Waals surface area (Å²) in [6.07, 6.45) is 3.69. The Hall–Kier alpha value is -3.33. The molecular formula is C25H27N5O3S. The van der Waals surface area contributed by atoms with Crippen LogP contribution >= 0.6 is 11.3 Å². The Morgan fingerprint density at radius 2 is 1.85 bits per heavy atom. The second-order valence-electron chi connectivity index (χ2n) is 8.82. The van der Waals surface area contributed by atoms with Gasteiger partial charge in [-0.15, -0.1) is 11.3 Å². The van der Waals surface area contributed by atoms with Gasteiger partial charge in [-0.25, -0.2) is 9.97 Å². The molecule has 0 bridgehead atoms. The predicted octanol–water partition coefficient (Wildman–Crippen LogP) is 4.44. The quantitative estimate of drug-likeness (QED) is 0.369. The van der Waals surface area contributed by atoms with Crippen molar-refractivity contribution in [2.45, 2.75) is 38.5 Å². The molecule has 0 atom stereocenters. The van der Waals surface area contributed by atoms with Crippen molar-refractivity contribution in [2.75, 3.05) is 31.1 Å². The average molecular weight is 478 g/mol. The molecule has 3 heterocycles. The Labute approximate surface area is 202 Å². The van der Waals surface area contributed by atoms with E-state index >= 15 is 0 Å². The Kier molecular flexibility index (Phi) is 6.28. The minimum absolute atomic E-state index is 0.0894. The Morgan fingerprint density at radius 3 is 2.44 bits per heavy atom. The first kappa shape index (κ1) is 22.5. The number of hydrogen-bond donors (Lipinski definition) is 0. The third kappa shape index (κ3) is 4.65. The van der Waals surface area contributed by atoms with Crippen molar-refractivity contribution in [3.63, 3.8) is 0 Å². The fourth-order valence-electron chi connectivity index (χ4n) is 4.41. The molecule has 2 aromatic heterocycles. The zero-order valence-electron chi connectivity index (χ0n) is 19.1. The molecule has 0 spiro atoms. The zero-order valence-corrected chi connectivity index (χ0v) is 20.0. The molecule has 0 N–H and O–H groups in total. The number of piperazine rings is 1. The van der Waals surface area contributed by atoms with Crippen LogP contribution in [0.15, 0.2) is 41.8 Å². The SMILES string of the molecule is CCc1nc(C2CC2)nc(N2CCN(C(=O)c3cccs3)CC2)c1Cc1ccc([N+](=O)[O-])cc1. The van der Waals surface area contributed by atoms with Crippen molar-refractivity contribution >= 4 is 28.7 Å². The first-order valence-corrected chi connectivity index (χ1v) is 12.6. The number of amides is 1. The highest BCUT2D eigenvalue weighted by Gasteiger charge is 2.31. The lowest BCUT2D eigenvalue weighted by molar-refractivity contribution is -0.384. The van der Waals surface area contributed by atoms with Crippen LogP contribution in [0.25, 0.3) is 0 Å². The van der Waals surface area contributed by atoms with Crippen molar-refractivity contribution in [1.82, 2.24) is 14.9 Å². The summed E-state index contributed by atoms with van der Waals surface area (Å²) in [5.74, 6) is 2.42. The van der Waals surface area contributed by atoms with Crippen molar-refractivity contribution in [1.29, 1.82) is 0 Å². The number of benzene rings is 1. The van der Waals surface area contributed by atoms with Gasteiger partial charge in [0.25, 0.3) is 11.6 Å². The molecule has 2 fully saturated rings. The van der Waals surface area contributed by atoms with Crippen molar-refractivity contribution in [2.24, 2.45) is 0 Å². The maximum absolute atomic E-state index is 12.8. The van der Waals surface area contributed by atoms with Gasteiger partial charge in [0.1, 0.15) is 11.6 Å². The molecule has 3 aromatic rings. The molecule has 5 rings (SSSR count). The number of rotatable bonds is 7. The summed E-state index contributed by atoms with van der Waals surface area (Å²) < 4.78 is 0. The van der Waals surface area contributed by atoms with E-state index in [1.165, 1.54) is 11.3 Å². The minimum atomic E-state index is -0.378. The lowest BCUT2D eigenvalue weighted by Crippen LogP contribution is -2.49. The van der Waals surface area contributed by atoms with E-state index in [4.69, 9.17) is 9.97 Å². The second-order valence-corrected chi connectivity index (χ2v) is 9.76. The monoisotopic (exact) mass is 477 g/mol. The summed E-state index contributed by atoms with van der Waals surface area (Å²) in [4.78, 5) is 38.4. The molecule has 1 aromatic carbocycles.